The van der Waals surface area contributed by atoms with Crippen LogP contribution in [0.5, 0.6) is 11.5 Å². The number of hydrogen-bond acceptors (Lipinski definition) is 4. The highest BCUT2D eigenvalue weighted by Gasteiger charge is 2.44. The summed E-state index contributed by atoms with van der Waals surface area (Å²) in [5.41, 5.74) is 2.55. The first-order valence-corrected chi connectivity index (χ1v) is 10.7. The van der Waals surface area contributed by atoms with Crippen LogP contribution in [0.25, 0.3) is 0 Å². The molecule has 0 aliphatic carbocycles. The lowest BCUT2D eigenvalue weighted by Crippen LogP contribution is -2.46. The van der Waals surface area contributed by atoms with Crippen molar-refractivity contribution in [2.45, 2.75) is 57.1 Å². The Morgan fingerprint density at radius 3 is 2.48 bits per heavy atom. The summed E-state index contributed by atoms with van der Waals surface area (Å²) in [4.78, 5) is 0. The van der Waals surface area contributed by atoms with Gasteiger partial charge in [0.15, 0.2) is 0 Å². The molecule has 1 aliphatic heterocycles. The molecule has 29 heavy (non-hydrogen) atoms. The highest BCUT2D eigenvalue weighted by Crippen LogP contribution is 2.47. The molecule has 0 spiro atoms. The molecule has 1 saturated heterocycles. The van der Waals surface area contributed by atoms with Gasteiger partial charge in [-0.05, 0) is 62.9 Å². The molecule has 0 aromatic heterocycles. The minimum absolute atomic E-state index is 0.0581. The average molecular weight is 398 g/mol. The van der Waals surface area contributed by atoms with Crippen molar-refractivity contribution < 1.29 is 14.2 Å². The molecule has 158 valence electrons. The predicted molar refractivity (Wildman–Crippen MR) is 118 cm³/mol. The van der Waals surface area contributed by atoms with Crippen molar-refractivity contribution in [3.63, 3.8) is 0 Å². The molecule has 0 radical (unpaired) electrons. The van der Waals surface area contributed by atoms with Crippen LogP contribution in [0.4, 0.5) is 0 Å². The molecule has 0 bridgehead atoms. The number of methoxy groups -OCH3 is 2. The van der Waals surface area contributed by atoms with Crippen molar-refractivity contribution in [1.29, 1.82) is 0 Å². The maximum absolute atomic E-state index is 6.19. The van der Waals surface area contributed by atoms with E-state index in [1.807, 2.05) is 12.1 Å². The number of ether oxygens (including phenoxy) is 3. The lowest BCUT2D eigenvalue weighted by atomic mass is 9.66. The van der Waals surface area contributed by atoms with Crippen molar-refractivity contribution >= 4 is 0 Å². The summed E-state index contributed by atoms with van der Waals surface area (Å²) in [6, 6.07) is 16.8. The molecule has 3 rings (SSSR count). The molecule has 1 heterocycles. The van der Waals surface area contributed by atoms with Crippen molar-refractivity contribution in [2.75, 3.05) is 27.4 Å². The van der Waals surface area contributed by atoms with Gasteiger partial charge in [0.05, 0.1) is 19.8 Å². The summed E-state index contributed by atoms with van der Waals surface area (Å²) in [6.07, 6.45) is 4.11. The number of para-hydroxylation sites is 1. The Morgan fingerprint density at radius 1 is 1.03 bits per heavy atom. The second-order valence-electron chi connectivity index (χ2n) is 8.33. The third-order valence-electron chi connectivity index (χ3n) is 6.44. The van der Waals surface area contributed by atoms with E-state index >= 15 is 0 Å². The molecular formula is C25H35NO3. The summed E-state index contributed by atoms with van der Waals surface area (Å²) >= 11 is 0. The SMILES string of the molecule is CCC1(C)CC(CCNCc2ccc(OC)cc2)(c2ccccc2OC)CCO1. The fourth-order valence-corrected chi connectivity index (χ4v) is 4.54. The summed E-state index contributed by atoms with van der Waals surface area (Å²) in [6.45, 7) is 7.07. The lowest BCUT2D eigenvalue weighted by molar-refractivity contribution is -0.0982. The third-order valence-corrected chi connectivity index (χ3v) is 6.44. The Bertz CT molecular complexity index is 776. The Kier molecular flexibility index (Phi) is 7.20. The van der Waals surface area contributed by atoms with Gasteiger partial charge in [-0.3, -0.25) is 0 Å². The van der Waals surface area contributed by atoms with E-state index in [1.165, 1.54) is 11.1 Å². The van der Waals surface area contributed by atoms with Gasteiger partial charge in [-0.15, -0.1) is 0 Å². The fourth-order valence-electron chi connectivity index (χ4n) is 4.54. The van der Waals surface area contributed by atoms with E-state index in [4.69, 9.17) is 14.2 Å². The van der Waals surface area contributed by atoms with E-state index in [9.17, 15) is 0 Å². The van der Waals surface area contributed by atoms with Gasteiger partial charge in [-0.2, -0.15) is 0 Å². The summed E-state index contributed by atoms with van der Waals surface area (Å²) in [7, 11) is 3.47. The molecule has 2 aromatic rings. The van der Waals surface area contributed by atoms with Crippen molar-refractivity contribution in [3.8, 4) is 11.5 Å². The van der Waals surface area contributed by atoms with Gasteiger partial charge in [0.2, 0.25) is 0 Å². The highest BCUT2D eigenvalue weighted by atomic mass is 16.5. The van der Waals surface area contributed by atoms with E-state index in [0.717, 1.165) is 56.9 Å². The van der Waals surface area contributed by atoms with Gasteiger partial charge in [-0.25, -0.2) is 0 Å². The second kappa shape index (κ2) is 9.64. The van der Waals surface area contributed by atoms with Gasteiger partial charge in [-0.1, -0.05) is 37.3 Å². The van der Waals surface area contributed by atoms with Crippen LogP contribution in [0.15, 0.2) is 48.5 Å². The van der Waals surface area contributed by atoms with Crippen molar-refractivity contribution in [3.05, 3.63) is 59.7 Å². The monoisotopic (exact) mass is 397 g/mol. The Labute approximate surface area is 175 Å². The lowest BCUT2D eigenvalue weighted by Gasteiger charge is -2.47. The van der Waals surface area contributed by atoms with Gasteiger partial charge in [0.25, 0.3) is 0 Å². The Hall–Kier alpha value is -2.04. The standard InChI is InChI=1S/C25H35NO3/c1-5-24(2)19-25(15-17-29-24,22-8-6-7-9-23(22)28-4)14-16-26-18-20-10-12-21(27-3)13-11-20/h6-13,26H,5,14-19H2,1-4H3. The summed E-state index contributed by atoms with van der Waals surface area (Å²) in [5.74, 6) is 1.88. The molecule has 4 heteroatoms. The molecule has 1 N–H and O–H groups in total. The molecule has 4 nitrogen and oxygen atoms in total. The summed E-state index contributed by atoms with van der Waals surface area (Å²) < 4.78 is 17.2. The fraction of sp³-hybridized carbons (Fsp3) is 0.520. The van der Waals surface area contributed by atoms with Crippen molar-refractivity contribution in [1.82, 2.24) is 5.32 Å². The highest BCUT2D eigenvalue weighted by molar-refractivity contribution is 5.40. The van der Waals surface area contributed by atoms with Crippen LogP contribution in [0.2, 0.25) is 0 Å². The van der Waals surface area contributed by atoms with Crippen LogP contribution < -0.4 is 14.8 Å². The van der Waals surface area contributed by atoms with E-state index in [2.05, 4.69) is 55.6 Å². The Morgan fingerprint density at radius 2 is 1.79 bits per heavy atom. The molecule has 2 aromatic carbocycles. The van der Waals surface area contributed by atoms with E-state index < -0.39 is 0 Å². The molecule has 1 fully saturated rings. The molecule has 0 amide bonds. The Balaban J connectivity index is 1.73. The van der Waals surface area contributed by atoms with Crippen LogP contribution in [-0.2, 0) is 16.7 Å². The molecule has 2 unspecified atom stereocenters. The van der Waals surface area contributed by atoms with E-state index in [1.54, 1.807) is 14.2 Å². The third kappa shape index (κ3) is 5.12. The maximum atomic E-state index is 6.19. The first kappa shape index (κ1) is 21.7. The number of hydrogen-bond donors (Lipinski definition) is 1. The number of rotatable bonds is 9. The zero-order valence-corrected chi connectivity index (χ0v) is 18.3. The van der Waals surface area contributed by atoms with Crippen LogP contribution in [0.3, 0.4) is 0 Å². The zero-order valence-electron chi connectivity index (χ0n) is 18.3. The zero-order chi connectivity index (χ0) is 20.7. The van der Waals surface area contributed by atoms with Crippen LogP contribution in [-0.4, -0.2) is 33.0 Å². The average Bonchev–Trinajstić information content (AvgIpc) is 2.77. The minimum atomic E-state index is -0.0882. The first-order chi connectivity index (χ1) is 14.0. The quantitative estimate of drug-likeness (QED) is 0.598. The second-order valence-corrected chi connectivity index (χ2v) is 8.33. The normalized spacial score (nSPS) is 24.3. The maximum Gasteiger partial charge on any atom is 0.122 e. The van der Waals surface area contributed by atoms with Gasteiger partial charge in [0.1, 0.15) is 11.5 Å². The molecule has 2 atom stereocenters. The molecular weight excluding hydrogens is 362 g/mol. The molecule has 1 aliphatic rings. The van der Waals surface area contributed by atoms with Gasteiger partial charge in [0, 0.05) is 24.1 Å². The predicted octanol–water partition coefficient (Wildman–Crippen LogP) is 5.10. The molecule has 0 saturated carbocycles. The number of benzene rings is 2. The summed E-state index contributed by atoms with van der Waals surface area (Å²) in [5, 5.41) is 3.64. The van der Waals surface area contributed by atoms with Crippen LogP contribution in [0, 0.1) is 0 Å². The van der Waals surface area contributed by atoms with Crippen LogP contribution >= 0.6 is 0 Å². The minimum Gasteiger partial charge on any atom is -0.497 e. The van der Waals surface area contributed by atoms with E-state index in [0.29, 0.717) is 0 Å². The first-order valence-electron chi connectivity index (χ1n) is 10.7. The largest absolute Gasteiger partial charge is 0.497 e. The number of nitrogens with one attached hydrogen (secondary N) is 1. The van der Waals surface area contributed by atoms with Crippen LogP contribution in [0.1, 0.15) is 50.7 Å². The van der Waals surface area contributed by atoms with Gasteiger partial charge >= 0.3 is 0 Å². The smallest absolute Gasteiger partial charge is 0.122 e. The topological polar surface area (TPSA) is 39.7 Å². The van der Waals surface area contributed by atoms with Gasteiger partial charge < -0.3 is 19.5 Å². The van der Waals surface area contributed by atoms with E-state index in [-0.39, 0.29) is 11.0 Å². The van der Waals surface area contributed by atoms with Crippen molar-refractivity contribution in [2.24, 2.45) is 0 Å².